The summed E-state index contributed by atoms with van der Waals surface area (Å²) >= 11 is 0. The number of hydrogen-bond donors (Lipinski definition) is 0. The lowest BCUT2D eigenvalue weighted by Gasteiger charge is -2.04. The lowest BCUT2D eigenvalue weighted by molar-refractivity contribution is 1.09. The van der Waals surface area contributed by atoms with Crippen LogP contribution in [0.1, 0.15) is 22.5 Å². The van der Waals surface area contributed by atoms with Gasteiger partial charge in [0, 0.05) is 11.4 Å². The van der Waals surface area contributed by atoms with Crippen LogP contribution in [0, 0.1) is 20.8 Å². The summed E-state index contributed by atoms with van der Waals surface area (Å²) in [7, 11) is 0. The van der Waals surface area contributed by atoms with Crippen molar-refractivity contribution in [2.45, 2.75) is 20.8 Å². The zero-order valence-corrected chi connectivity index (χ0v) is 7.31. The summed E-state index contributed by atoms with van der Waals surface area (Å²) in [6, 6.07) is 2.07. The van der Waals surface area contributed by atoms with Crippen molar-refractivity contribution >= 4 is 6.08 Å². The highest BCUT2D eigenvalue weighted by Gasteiger charge is 1.99. The molecule has 0 aliphatic carbocycles. The Bertz CT molecular complexity index is 264. The molecule has 0 aliphatic rings. The third-order valence-electron chi connectivity index (χ3n) is 1.79. The third-order valence-corrected chi connectivity index (χ3v) is 1.79. The first-order valence-electron chi connectivity index (χ1n) is 3.72. The van der Waals surface area contributed by atoms with Crippen LogP contribution in [-0.2, 0) is 0 Å². The van der Waals surface area contributed by atoms with Crippen molar-refractivity contribution in [3.8, 4) is 0 Å². The Morgan fingerprint density at radius 1 is 1.36 bits per heavy atom. The first-order chi connectivity index (χ1) is 5.15. The maximum atomic E-state index is 4.33. The van der Waals surface area contributed by atoms with Gasteiger partial charge in [-0.2, -0.15) is 0 Å². The van der Waals surface area contributed by atoms with E-state index in [1.807, 2.05) is 19.9 Å². The van der Waals surface area contributed by atoms with Gasteiger partial charge in [0.05, 0.1) is 0 Å². The van der Waals surface area contributed by atoms with Gasteiger partial charge in [0.15, 0.2) is 0 Å². The van der Waals surface area contributed by atoms with Gasteiger partial charge in [0.25, 0.3) is 0 Å². The van der Waals surface area contributed by atoms with Crippen molar-refractivity contribution in [2.75, 3.05) is 0 Å². The zero-order valence-electron chi connectivity index (χ0n) is 7.31. The van der Waals surface area contributed by atoms with Crippen LogP contribution >= 0.6 is 0 Å². The molecule has 0 N–H and O–H groups in total. The van der Waals surface area contributed by atoms with Gasteiger partial charge in [-0.25, -0.2) is 0 Å². The van der Waals surface area contributed by atoms with Crippen molar-refractivity contribution in [3.05, 3.63) is 35.2 Å². The Kier molecular flexibility index (Phi) is 2.08. The van der Waals surface area contributed by atoms with Gasteiger partial charge >= 0.3 is 0 Å². The van der Waals surface area contributed by atoms with Gasteiger partial charge in [-0.1, -0.05) is 12.7 Å². The Morgan fingerprint density at radius 3 is 2.45 bits per heavy atom. The Balaban J connectivity index is 3.36. The molecular weight excluding hydrogens is 134 g/mol. The molecule has 0 aromatic carbocycles. The summed E-state index contributed by atoms with van der Waals surface area (Å²) in [4.78, 5) is 4.33. The summed E-state index contributed by atoms with van der Waals surface area (Å²) in [5, 5.41) is 0. The monoisotopic (exact) mass is 147 g/mol. The highest BCUT2D eigenvalue weighted by molar-refractivity contribution is 5.54. The van der Waals surface area contributed by atoms with Crippen LogP contribution in [0.4, 0.5) is 0 Å². The third kappa shape index (κ3) is 1.48. The molecule has 0 spiro atoms. The van der Waals surface area contributed by atoms with Gasteiger partial charge in [-0.3, -0.25) is 4.98 Å². The van der Waals surface area contributed by atoms with Crippen molar-refractivity contribution < 1.29 is 0 Å². The Labute approximate surface area is 67.8 Å². The second-order valence-electron chi connectivity index (χ2n) is 2.78. The molecule has 11 heavy (non-hydrogen) atoms. The van der Waals surface area contributed by atoms with E-state index in [4.69, 9.17) is 0 Å². The number of hydrogen-bond acceptors (Lipinski definition) is 1. The van der Waals surface area contributed by atoms with Crippen molar-refractivity contribution in [1.82, 2.24) is 4.98 Å². The van der Waals surface area contributed by atoms with Crippen molar-refractivity contribution in [2.24, 2.45) is 0 Å². The fraction of sp³-hybridized carbons (Fsp3) is 0.300. The van der Waals surface area contributed by atoms with E-state index in [1.165, 1.54) is 5.56 Å². The first-order valence-corrected chi connectivity index (χ1v) is 3.72. The lowest BCUT2D eigenvalue weighted by Crippen LogP contribution is -1.92. The molecule has 1 aromatic rings. The number of nitrogens with zero attached hydrogens (tertiary/aromatic N) is 1. The van der Waals surface area contributed by atoms with E-state index in [9.17, 15) is 0 Å². The highest BCUT2D eigenvalue weighted by Crippen LogP contribution is 2.13. The maximum absolute atomic E-state index is 4.33. The minimum absolute atomic E-state index is 1.07. The minimum atomic E-state index is 1.07. The summed E-state index contributed by atoms with van der Waals surface area (Å²) in [5.74, 6) is 0. The van der Waals surface area contributed by atoms with Crippen molar-refractivity contribution in [1.29, 1.82) is 0 Å². The average molecular weight is 147 g/mol. The molecule has 0 amide bonds. The molecular formula is C10H13N. The standard InChI is InChI=1S/C10H13N/c1-5-10-7(2)6-8(3)11-9(10)4/h5-6H,1H2,2-4H3. The molecule has 0 saturated carbocycles. The molecule has 58 valence electrons. The van der Waals surface area contributed by atoms with E-state index in [-0.39, 0.29) is 0 Å². The molecule has 1 nitrogen and oxygen atoms in total. The smallest absolute Gasteiger partial charge is 0.0450 e. The Morgan fingerprint density at radius 2 is 2.00 bits per heavy atom. The van der Waals surface area contributed by atoms with Crippen molar-refractivity contribution in [3.63, 3.8) is 0 Å². The lowest BCUT2D eigenvalue weighted by atomic mass is 10.1. The molecule has 1 aromatic heterocycles. The first kappa shape index (κ1) is 7.99. The fourth-order valence-corrected chi connectivity index (χ4v) is 1.34. The van der Waals surface area contributed by atoms with E-state index < -0.39 is 0 Å². The Hall–Kier alpha value is -1.11. The highest BCUT2D eigenvalue weighted by atomic mass is 14.7. The summed E-state index contributed by atoms with van der Waals surface area (Å²) in [5.41, 5.74) is 4.56. The molecule has 0 aliphatic heterocycles. The zero-order chi connectivity index (χ0) is 8.43. The molecule has 1 rings (SSSR count). The number of pyridine rings is 1. The van der Waals surface area contributed by atoms with Gasteiger partial charge in [-0.05, 0) is 38.0 Å². The van der Waals surface area contributed by atoms with Crippen LogP contribution in [0.3, 0.4) is 0 Å². The van der Waals surface area contributed by atoms with E-state index in [2.05, 4.69) is 24.6 Å². The fourth-order valence-electron chi connectivity index (χ4n) is 1.34. The van der Waals surface area contributed by atoms with Gasteiger partial charge < -0.3 is 0 Å². The normalized spacial score (nSPS) is 9.73. The molecule has 0 atom stereocenters. The summed E-state index contributed by atoms with van der Waals surface area (Å²) < 4.78 is 0. The molecule has 0 bridgehead atoms. The quantitative estimate of drug-likeness (QED) is 0.595. The summed E-state index contributed by atoms with van der Waals surface area (Å²) in [6.07, 6.45) is 1.86. The van der Waals surface area contributed by atoms with E-state index in [0.717, 1.165) is 17.0 Å². The SMILES string of the molecule is C=Cc1c(C)cc(C)nc1C. The molecule has 0 radical (unpaired) electrons. The molecule has 0 saturated heterocycles. The van der Waals surface area contributed by atoms with E-state index in [1.54, 1.807) is 0 Å². The van der Waals surface area contributed by atoms with Gasteiger partial charge in [0.1, 0.15) is 0 Å². The van der Waals surface area contributed by atoms with Crippen LogP contribution in [-0.4, -0.2) is 4.98 Å². The van der Waals surface area contributed by atoms with Crippen LogP contribution < -0.4 is 0 Å². The van der Waals surface area contributed by atoms with Crippen LogP contribution in [0.15, 0.2) is 12.6 Å². The van der Waals surface area contributed by atoms with Crippen LogP contribution in [0.2, 0.25) is 0 Å². The minimum Gasteiger partial charge on any atom is -0.258 e. The van der Waals surface area contributed by atoms with E-state index >= 15 is 0 Å². The van der Waals surface area contributed by atoms with E-state index in [0.29, 0.717) is 0 Å². The van der Waals surface area contributed by atoms with Crippen LogP contribution in [0.5, 0.6) is 0 Å². The molecule has 1 heterocycles. The molecule has 0 fully saturated rings. The van der Waals surface area contributed by atoms with Crippen LogP contribution in [0.25, 0.3) is 6.08 Å². The second-order valence-corrected chi connectivity index (χ2v) is 2.78. The maximum Gasteiger partial charge on any atom is 0.0450 e. The second kappa shape index (κ2) is 2.87. The number of aryl methyl sites for hydroxylation is 3. The molecule has 1 heteroatoms. The predicted molar refractivity (Wildman–Crippen MR) is 48.5 cm³/mol. The molecule has 0 unspecified atom stereocenters. The predicted octanol–water partition coefficient (Wildman–Crippen LogP) is 2.65. The number of rotatable bonds is 1. The summed E-state index contributed by atoms with van der Waals surface area (Å²) in [6.45, 7) is 9.84. The topological polar surface area (TPSA) is 12.9 Å². The largest absolute Gasteiger partial charge is 0.258 e. The van der Waals surface area contributed by atoms with Gasteiger partial charge in [-0.15, -0.1) is 0 Å². The number of aromatic nitrogens is 1. The van der Waals surface area contributed by atoms with Gasteiger partial charge in [0.2, 0.25) is 0 Å². The average Bonchev–Trinajstić information content (AvgIpc) is 1.85.